The second-order valence-corrected chi connectivity index (χ2v) is 3.38. The van der Waals surface area contributed by atoms with E-state index < -0.39 is 8.25 Å². The predicted molar refractivity (Wildman–Crippen MR) is 48.3 cm³/mol. The van der Waals surface area contributed by atoms with Gasteiger partial charge < -0.3 is 10.4 Å². The van der Waals surface area contributed by atoms with Gasteiger partial charge in [0.25, 0.3) is 0 Å². The van der Waals surface area contributed by atoms with Gasteiger partial charge in [-0.3, -0.25) is 0 Å². The number of hydroxylamine groups is 2. The second kappa shape index (κ2) is 10.9. The van der Waals surface area contributed by atoms with Crippen molar-refractivity contribution in [2.45, 2.75) is 12.8 Å². The van der Waals surface area contributed by atoms with E-state index in [0.29, 0.717) is 25.9 Å². The lowest BCUT2D eigenvalue weighted by molar-refractivity contribution is 0.147. The maximum absolute atomic E-state index is 10.9. The van der Waals surface area contributed by atoms with Gasteiger partial charge in [0.2, 0.25) is 0 Å². The molecule has 0 radical (unpaired) electrons. The first-order chi connectivity index (χ1) is 6.81. The fraction of sp³-hybridized carbons (Fsp3) is 1.00. The van der Waals surface area contributed by atoms with Crippen molar-refractivity contribution in [1.29, 1.82) is 0 Å². The maximum Gasteiger partial charge on any atom is 0.697 e. The third-order valence-corrected chi connectivity index (χ3v) is 2.05. The highest BCUT2D eigenvalue weighted by atomic mass is 31.1. The summed E-state index contributed by atoms with van der Waals surface area (Å²) in [6, 6.07) is 0. The minimum Gasteiger partial charge on any atom is -0.317 e. The quantitative estimate of drug-likeness (QED) is 0.244. The fourth-order valence-corrected chi connectivity index (χ4v) is 1.25. The summed E-state index contributed by atoms with van der Waals surface area (Å²) in [5.41, 5.74) is 3.90. The van der Waals surface area contributed by atoms with Crippen molar-refractivity contribution >= 4 is 8.25 Å². The van der Waals surface area contributed by atoms with Crippen LogP contribution in [0.3, 0.4) is 0 Å². The second-order valence-electron chi connectivity index (χ2n) is 2.41. The number of nitrogens with one attached hydrogen (secondary N) is 2. The Balaban J connectivity index is 3.11. The molecule has 0 aliphatic rings. The van der Waals surface area contributed by atoms with Crippen molar-refractivity contribution in [3.05, 3.63) is 0 Å². The minimum atomic E-state index is -2.08. The molecule has 7 nitrogen and oxygen atoms in total. The van der Waals surface area contributed by atoms with E-state index in [1.54, 1.807) is 0 Å². The first-order valence-electron chi connectivity index (χ1n) is 4.28. The molecule has 0 aliphatic heterocycles. The lowest BCUT2D eigenvalue weighted by Gasteiger charge is -1.93. The Kier molecular flexibility index (Phi) is 10.8. The smallest absolute Gasteiger partial charge is 0.317 e. The van der Waals surface area contributed by atoms with E-state index in [1.807, 2.05) is 11.0 Å². The maximum atomic E-state index is 10.9. The topological polar surface area (TPSA) is 100 Å². The van der Waals surface area contributed by atoms with Crippen LogP contribution in [0.4, 0.5) is 0 Å². The van der Waals surface area contributed by atoms with Crippen molar-refractivity contribution in [3.63, 3.8) is 0 Å². The standard InChI is InChI=1S/C6H16N2O5P/c9-7-3-1-5-12-14(11)13-6-2-4-8-10/h7-10H,1-6H2/q+1. The van der Waals surface area contributed by atoms with Gasteiger partial charge in [-0.15, -0.1) is 9.05 Å². The molecule has 0 bridgehead atoms. The molecular weight excluding hydrogens is 211 g/mol. The number of rotatable bonds is 10. The molecule has 0 aromatic rings. The van der Waals surface area contributed by atoms with Crippen LogP contribution in [-0.2, 0) is 13.6 Å². The van der Waals surface area contributed by atoms with Gasteiger partial charge in [-0.2, -0.15) is 0 Å². The van der Waals surface area contributed by atoms with Gasteiger partial charge in [0, 0.05) is 17.7 Å². The number of hydrogen-bond donors (Lipinski definition) is 4. The average molecular weight is 227 g/mol. The highest BCUT2D eigenvalue weighted by Gasteiger charge is 2.18. The number of hydrogen-bond acceptors (Lipinski definition) is 7. The van der Waals surface area contributed by atoms with Crippen LogP contribution in [0, 0.1) is 0 Å². The van der Waals surface area contributed by atoms with Crippen LogP contribution in [-0.4, -0.2) is 36.7 Å². The fourth-order valence-electron chi connectivity index (χ4n) is 0.618. The largest absolute Gasteiger partial charge is 0.697 e. The molecule has 84 valence electrons. The zero-order valence-electron chi connectivity index (χ0n) is 7.81. The Hall–Kier alpha value is -0.140. The Morgan fingerprint density at radius 2 is 1.43 bits per heavy atom. The van der Waals surface area contributed by atoms with Crippen molar-refractivity contribution in [2.24, 2.45) is 0 Å². The zero-order valence-corrected chi connectivity index (χ0v) is 8.70. The predicted octanol–water partition coefficient (Wildman–Crippen LogP) is 0.415. The van der Waals surface area contributed by atoms with Gasteiger partial charge >= 0.3 is 8.25 Å². The molecule has 0 heterocycles. The summed E-state index contributed by atoms with van der Waals surface area (Å²) < 4.78 is 20.5. The Bertz CT molecular complexity index is 134. The van der Waals surface area contributed by atoms with Crippen LogP contribution in [0.1, 0.15) is 12.8 Å². The molecule has 14 heavy (non-hydrogen) atoms. The van der Waals surface area contributed by atoms with E-state index in [1.165, 1.54) is 0 Å². The Labute approximate surface area is 83.3 Å². The molecule has 8 heteroatoms. The third-order valence-electron chi connectivity index (χ3n) is 1.26. The summed E-state index contributed by atoms with van der Waals surface area (Å²) in [5.74, 6) is 0. The third kappa shape index (κ3) is 9.94. The molecule has 0 saturated heterocycles. The normalized spacial score (nSPS) is 10.4. The summed E-state index contributed by atoms with van der Waals surface area (Å²) in [4.78, 5) is 0. The molecule has 0 aliphatic carbocycles. The minimum absolute atomic E-state index is 0.265. The van der Waals surface area contributed by atoms with Crippen LogP contribution in [0.2, 0.25) is 0 Å². The monoisotopic (exact) mass is 227 g/mol. The summed E-state index contributed by atoms with van der Waals surface area (Å²) >= 11 is 0. The Morgan fingerprint density at radius 1 is 1.00 bits per heavy atom. The van der Waals surface area contributed by atoms with E-state index in [0.717, 1.165) is 0 Å². The van der Waals surface area contributed by atoms with E-state index in [9.17, 15) is 4.57 Å². The molecule has 0 rings (SSSR count). The molecular formula is C6H16N2O5P+. The van der Waals surface area contributed by atoms with Crippen LogP contribution >= 0.6 is 8.25 Å². The van der Waals surface area contributed by atoms with Crippen molar-refractivity contribution in [3.8, 4) is 0 Å². The Morgan fingerprint density at radius 3 is 1.79 bits per heavy atom. The molecule has 0 atom stereocenters. The van der Waals surface area contributed by atoms with E-state index >= 15 is 0 Å². The lowest BCUT2D eigenvalue weighted by Crippen LogP contribution is -2.11. The summed E-state index contributed by atoms with van der Waals surface area (Å²) in [6.07, 6.45) is 1.11. The molecule has 4 N–H and O–H groups in total. The molecule has 0 amide bonds. The van der Waals surface area contributed by atoms with Crippen molar-refractivity contribution in [1.82, 2.24) is 11.0 Å². The van der Waals surface area contributed by atoms with Crippen LogP contribution in [0.5, 0.6) is 0 Å². The van der Waals surface area contributed by atoms with Crippen molar-refractivity contribution < 1.29 is 24.0 Å². The van der Waals surface area contributed by atoms with Gasteiger partial charge in [0.1, 0.15) is 13.2 Å². The van der Waals surface area contributed by atoms with Gasteiger partial charge in [0.15, 0.2) is 0 Å². The van der Waals surface area contributed by atoms with Gasteiger partial charge in [-0.1, -0.05) is 0 Å². The molecule has 0 spiro atoms. The van der Waals surface area contributed by atoms with E-state index in [-0.39, 0.29) is 13.2 Å². The SMILES string of the molecule is O=[P+](OCCCNO)OCCCNO. The lowest BCUT2D eigenvalue weighted by atomic mass is 10.5. The van der Waals surface area contributed by atoms with E-state index in [4.69, 9.17) is 19.5 Å². The first-order valence-corrected chi connectivity index (χ1v) is 5.37. The molecule has 0 aromatic heterocycles. The first kappa shape index (κ1) is 13.9. The van der Waals surface area contributed by atoms with Gasteiger partial charge in [0.05, 0.1) is 0 Å². The summed E-state index contributed by atoms with van der Waals surface area (Å²) in [7, 11) is -2.08. The van der Waals surface area contributed by atoms with Crippen LogP contribution < -0.4 is 11.0 Å². The summed E-state index contributed by atoms with van der Waals surface area (Å²) in [5, 5.41) is 16.4. The zero-order chi connectivity index (χ0) is 10.6. The van der Waals surface area contributed by atoms with Gasteiger partial charge in [-0.25, -0.2) is 11.0 Å². The van der Waals surface area contributed by atoms with Crippen molar-refractivity contribution in [2.75, 3.05) is 26.3 Å². The average Bonchev–Trinajstić information content (AvgIpc) is 2.19. The molecule has 0 saturated carbocycles. The van der Waals surface area contributed by atoms with Crippen LogP contribution in [0.25, 0.3) is 0 Å². The molecule has 0 aromatic carbocycles. The highest BCUT2D eigenvalue weighted by Crippen LogP contribution is 2.23. The van der Waals surface area contributed by atoms with E-state index in [2.05, 4.69) is 0 Å². The van der Waals surface area contributed by atoms with Gasteiger partial charge in [-0.05, 0) is 12.8 Å². The molecule has 0 unspecified atom stereocenters. The molecule has 0 fully saturated rings. The highest BCUT2D eigenvalue weighted by molar-refractivity contribution is 7.33. The summed E-state index contributed by atoms with van der Waals surface area (Å²) in [6.45, 7) is 1.30. The van der Waals surface area contributed by atoms with Crippen LogP contribution in [0.15, 0.2) is 0 Å².